The van der Waals surface area contributed by atoms with Gasteiger partial charge in [-0.25, -0.2) is 0 Å². The van der Waals surface area contributed by atoms with Crippen LogP contribution in [0.2, 0.25) is 0 Å². The van der Waals surface area contributed by atoms with E-state index in [1.54, 1.807) is 6.07 Å². The largest absolute Gasteiger partial charge is 0.460 e. The van der Waals surface area contributed by atoms with Crippen LogP contribution in [0.5, 0.6) is 0 Å². The Morgan fingerprint density at radius 1 is 0.783 bits per heavy atom. The van der Waals surface area contributed by atoms with Crippen LogP contribution in [-0.2, 0) is 6.42 Å². The van der Waals surface area contributed by atoms with Crippen molar-refractivity contribution in [3.8, 4) is 0 Å². The van der Waals surface area contributed by atoms with Crippen molar-refractivity contribution in [3.63, 3.8) is 0 Å². The number of benzene rings is 1. The molecule has 1 radical (unpaired) electrons. The van der Waals surface area contributed by atoms with E-state index in [-0.39, 0.29) is 12.0 Å². The second-order valence-corrected chi connectivity index (χ2v) is 5.28. The molecule has 0 heterocycles. The Bertz CT molecular complexity index is 574. The summed E-state index contributed by atoms with van der Waals surface area (Å²) in [5.74, 6) is -21.4. The number of fused-ring (bicyclic) bond motifs is 1. The molecule has 23 heavy (non-hydrogen) atoms. The summed E-state index contributed by atoms with van der Waals surface area (Å²) >= 11 is 0. The summed E-state index contributed by atoms with van der Waals surface area (Å²) in [7, 11) is 0. The molecule has 0 saturated carbocycles. The first kappa shape index (κ1) is 17.9. The average Bonchev–Trinajstić information content (AvgIpc) is 2.45. The summed E-state index contributed by atoms with van der Waals surface area (Å²) in [6.45, 7) is 0. The summed E-state index contributed by atoms with van der Waals surface area (Å²) in [5, 5.41) is 0. The normalized spacial score (nSPS) is 20.3. The number of hydrogen-bond donors (Lipinski definition) is 0. The summed E-state index contributed by atoms with van der Waals surface area (Å²) in [6.07, 6.45) is -6.94. The Labute approximate surface area is 125 Å². The molecular formula is C14H10F9. The third-order valence-electron chi connectivity index (χ3n) is 3.80. The van der Waals surface area contributed by atoms with Crippen LogP contribution in [0, 0.1) is 12.3 Å². The number of aryl methyl sites for hydroxylation is 1. The lowest BCUT2D eigenvalue weighted by molar-refractivity contribution is -0.401. The van der Waals surface area contributed by atoms with Crippen LogP contribution in [0.25, 0.3) is 0 Å². The molecule has 0 saturated heterocycles. The van der Waals surface area contributed by atoms with Crippen LogP contribution in [0.3, 0.4) is 0 Å². The average molecular weight is 349 g/mol. The van der Waals surface area contributed by atoms with Gasteiger partial charge in [-0.2, -0.15) is 39.5 Å². The minimum absolute atomic E-state index is 0.120. The minimum Gasteiger partial charge on any atom is -0.199 e. The van der Waals surface area contributed by atoms with Gasteiger partial charge in [0.2, 0.25) is 0 Å². The van der Waals surface area contributed by atoms with Crippen molar-refractivity contribution >= 4 is 0 Å². The van der Waals surface area contributed by atoms with Gasteiger partial charge in [0.15, 0.2) is 0 Å². The van der Waals surface area contributed by atoms with Crippen LogP contribution in [0.15, 0.2) is 24.3 Å². The maximum Gasteiger partial charge on any atom is 0.460 e. The van der Waals surface area contributed by atoms with E-state index in [4.69, 9.17) is 0 Å². The van der Waals surface area contributed by atoms with Crippen molar-refractivity contribution in [2.45, 2.75) is 36.8 Å². The van der Waals surface area contributed by atoms with Gasteiger partial charge >= 0.3 is 23.9 Å². The van der Waals surface area contributed by atoms with Crippen molar-refractivity contribution in [1.82, 2.24) is 0 Å². The standard InChI is InChI=1S/C14H10F9/c15-11(16,12(17,18)13(19,20)14(21,22)23)10-6-5-8-3-1-2-4-9(8)7-10/h1-4,7,10H,5-6H2. The number of hydrogen-bond acceptors (Lipinski definition) is 0. The van der Waals surface area contributed by atoms with Gasteiger partial charge in [-0.3, -0.25) is 0 Å². The lowest BCUT2D eigenvalue weighted by Crippen LogP contribution is -2.63. The Morgan fingerprint density at radius 3 is 1.91 bits per heavy atom. The molecule has 1 aromatic carbocycles. The van der Waals surface area contributed by atoms with Gasteiger partial charge in [0, 0.05) is 12.3 Å². The smallest absolute Gasteiger partial charge is 0.199 e. The molecule has 0 spiro atoms. The molecule has 1 atom stereocenters. The Morgan fingerprint density at radius 2 is 1.35 bits per heavy atom. The van der Waals surface area contributed by atoms with Gasteiger partial charge in [-0.05, 0) is 24.0 Å². The third kappa shape index (κ3) is 2.67. The molecule has 0 aromatic heterocycles. The highest BCUT2D eigenvalue weighted by Gasteiger charge is 2.82. The zero-order valence-corrected chi connectivity index (χ0v) is 11.3. The lowest BCUT2D eigenvalue weighted by Gasteiger charge is -2.39. The number of rotatable bonds is 3. The van der Waals surface area contributed by atoms with Crippen molar-refractivity contribution in [1.29, 1.82) is 0 Å². The third-order valence-corrected chi connectivity index (χ3v) is 3.80. The highest BCUT2D eigenvalue weighted by Crippen LogP contribution is 2.57. The van der Waals surface area contributed by atoms with Crippen LogP contribution >= 0.6 is 0 Å². The Balaban J connectivity index is 2.35. The second-order valence-electron chi connectivity index (χ2n) is 5.28. The first-order valence-electron chi connectivity index (χ1n) is 6.45. The summed E-state index contributed by atoms with van der Waals surface area (Å²) < 4.78 is 117. The van der Waals surface area contributed by atoms with E-state index in [1.165, 1.54) is 18.2 Å². The van der Waals surface area contributed by atoms with E-state index in [0.29, 0.717) is 12.0 Å². The quantitative estimate of drug-likeness (QED) is 0.652. The molecule has 1 aliphatic rings. The molecule has 1 aliphatic carbocycles. The molecular weight excluding hydrogens is 339 g/mol. The van der Waals surface area contributed by atoms with Gasteiger partial charge < -0.3 is 0 Å². The van der Waals surface area contributed by atoms with Gasteiger partial charge in [-0.1, -0.05) is 24.3 Å². The zero-order chi connectivity index (χ0) is 17.7. The molecule has 0 bridgehead atoms. The van der Waals surface area contributed by atoms with E-state index in [2.05, 4.69) is 0 Å². The Kier molecular flexibility index (Phi) is 4.14. The highest BCUT2D eigenvalue weighted by atomic mass is 19.4. The molecule has 0 N–H and O–H groups in total. The van der Waals surface area contributed by atoms with Gasteiger partial charge in [-0.15, -0.1) is 0 Å². The van der Waals surface area contributed by atoms with E-state index >= 15 is 0 Å². The van der Waals surface area contributed by atoms with Crippen LogP contribution in [-0.4, -0.2) is 23.9 Å². The number of halogens is 9. The maximum absolute atomic E-state index is 13.8. The van der Waals surface area contributed by atoms with E-state index in [0.717, 1.165) is 0 Å². The molecule has 9 heteroatoms. The molecule has 0 nitrogen and oxygen atoms in total. The highest BCUT2D eigenvalue weighted by molar-refractivity contribution is 5.37. The molecule has 129 valence electrons. The van der Waals surface area contributed by atoms with E-state index < -0.39 is 36.3 Å². The molecule has 0 fully saturated rings. The fraction of sp³-hybridized carbons (Fsp3) is 0.500. The summed E-state index contributed by atoms with van der Waals surface area (Å²) in [4.78, 5) is 0. The molecule has 0 aliphatic heterocycles. The molecule has 1 aromatic rings. The SMILES string of the molecule is FC(F)(F)C(F)(F)C(F)(F)C(F)(F)C1[CH]c2ccccc2CC1. The predicted octanol–water partition coefficient (Wildman–Crippen LogP) is 5.27. The summed E-state index contributed by atoms with van der Waals surface area (Å²) in [5.41, 5.74) is 0.653. The molecule has 2 rings (SSSR count). The maximum atomic E-state index is 13.8. The lowest BCUT2D eigenvalue weighted by atomic mass is 9.77. The zero-order valence-electron chi connectivity index (χ0n) is 11.3. The fourth-order valence-electron chi connectivity index (χ4n) is 2.44. The minimum atomic E-state index is -6.84. The van der Waals surface area contributed by atoms with E-state index in [1.807, 2.05) is 0 Å². The van der Waals surface area contributed by atoms with Crippen LogP contribution in [0.4, 0.5) is 39.5 Å². The van der Waals surface area contributed by atoms with Gasteiger partial charge in [0.05, 0.1) is 0 Å². The van der Waals surface area contributed by atoms with Crippen molar-refractivity contribution in [2.75, 3.05) is 0 Å². The van der Waals surface area contributed by atoms with Gasteiger partial charge in [0.25, 0.3) is 0 Å². The monoisotopic (exact) mass is 349 g/mol. The van der Waals surface area contributed by atoms with Gasteiger partial charge in [0.1, 0.15) is 0 Å². The molecule has 1 unspecified atom stereocenters. The van der Waals surface area contributed by atoms with Crippen LogP contribution in [0.1, 0.15) is 17.5 Å². The van der Waals surface area contributed by atoms with Crippen LogP contribution < -0.4 is 0 Å². The predicted molar refractivity (Wildman–Crippen MR) is 62.6 cm³/mol. The summed E-state index contributed by atoms with van der Waals surface area (Å²) in [6, 6.07) is 5.82. The molecule has 0 amide bonds. The van der Waals surface area contributed by atoms with Crippen molar-refractivity contribution in [3.05, 3.63) is 41.8 Å². The van der Waals surface area contributed by atoms with Crippen molar-refractivity contribution in [2.24, 2.45) is 5.92 Å². The second kappa shape index (κ2) is 5.31. The van der Waals surface area contributed by atoms with Crippen molar-refractivity contribution < 1.29 is 39.5 Å². The Hall–Kier alpha value is -1.41. The first-order chi connectivity index (χ1) is 10.3. The topological polar surface area (TPSA) is 0 Å². The first-order valence-corrected chi connectivity index (χ1v) is 6.45. The number of alkyl halides is 9. The van der Waals surface area contributed by atoms with E-state index in [9.17, 15) is 39.5 Å². The fourth-order valence-corrected chi connectivity index (χ4v) is 2.44.